The van der Waals surface area contributed by atoms with Crippen LogP contribution in [0.5, 0.6) is 11.5 Å². The highest BCUT2D eigenvalue weighted by molar-refractivity contribution is 7.13. The second kappa shape index (κ2) is 10.6. The first-order chi connectivity index (χ1) is 16.5. The lowest BCUT2D eigenvalue weighted by Gasteiger charge is -2.32. The molecule has 10 nitrogen and oxygen atoms in total. The van der Waals surface area contributed by atoms with Gasteiger partial charge in [-0.25, -0.2) is 9.97 Å². The molecule has 1 N–H and O–H groups in total. The lowest BCUT2D eigenvalue weighted by molar-refractivity contribution is -0.134. The van der Waals surface area contributed by atoms with Crippen molar-refractivity contribution in [1.29, 1.82) is 0 Å². The van der Waals surface area contributed by atoms with Gasteiger partial charge in [-0.2, -0.15) is 0 Å². The highest BCUT2D eigenvalue weighted by Crippen LogP contribution is 2.29. The molecule has 2 amide bonds. The van der Waals surface area contributed by atoms with Crippen molar-refractivity contribution in [2.24, 2.45) is 5.92 Å². The predicted octanol–water partition coefficient (Wildman–Crippen LogP) is 2.53. The summed E-state index contributed by atoms with van der Waals surface area (Å²) in [6.45, 7) is 1.40. The molecule has 1 fully saturated rings. The third-order valence-electron chi connectivity index (χ3n) is 5.93. The summed E-state index contributed by atoms with van der Waals surface area (Å²) in [6, 6.07) is 3.29. The Balaban J connectivity index is 1.34. The molecular weight excluding hydrogens is 458 g/mol. The Labute approximate surface area is 200 Å². The van der Waals surface area contributed by atoms with Gasteiger partial charge in [0.05, 0.1) is 37.4 Å². The zero-order valence-electron chi connectivity index (χ0n) is 19.2. The number of rotatable bonds is 8. The first kappa shape index (κ1) is 23.7. The maximum atomic E-state index is 12.9. The number of nitrogens with one attached hydrogen (secondary N) is 1. The molecule has 0 aliphatic carbocycles. The van der Waals surface area contributed by atoms with Gasteiger partial charge in [-0.3, -0.25) is 19.0 Å². The third kappa shape index (κ3) is 5.19. The van der Waals surface area contributed by atoms with E-state index in [2.05, 4.69) is 15.3 Å². The fourth-order valence-corrected chi connectivity index (χ4v) is 4.65. The Kier molecular flexibility index (Phi) is 7.41. The molecule has 0 radical (unpaired) electrons. The van der Waals surface area contributed by atoms with Crippen LogP contribution < -0.4 is 20.3 Å². The molecule has 1 aliphatic heterocycles. The van der Waals surface area contributed by atoms with Crippen LogP contribution in [-0.2, 0) is 16.1 Å². The van der Waals surface area contributed by atoms with Crippen molar-refractivity contribution in [3.8, 4) is 11.5 Å². The quantitative estimate of drug-likeness (QED) is 0.521. The SMILES string of the molecule is COc1cc2ncn(CCCC(=O)N3CCCC(C(=O)Nc4nccs4)C3)c(=O)c2cc1OC. The molecule has 3 aromatic rings. The molecular formula is C23H27N5O5S. The molecule has 0 spiro atoms. The van der Waals surface area contributed by atoms with E-state index in [1.165, 1.54) is 36.5 Å². The van der Waals surface area contributed by atoms with Crippen molar-refractivity contribution < 1.29 is 19.1 Å². The fourth-order valence-electron chi connectivity index (χ4n) is 4.11. The van der Waals surface area contributed by atoms with Crippen molar-refractivity contribution >= 4 is 39.2 Å². The standard InChI is InChI=1S/C23H27N5O5S/c1-32-18-11-16-17(12-19(18)33-2)25-14-28(22(16)31)9-4-6-20(29)27-8-3-5-15(13-27)21(30)26-23-24-7-10-34-23/h7,10-12,14-15H,3-6,8-9,13H2,1-2H3,(H,24,26,30). The van der Waals surface area contributed by atoms with Crippen LogP contribution in [0.1, 0.15) is 25.7 Å². The number of hydrogen-bond donors (Lipinski definition) is 1. The van der Waals surface area contributed by atoms with E-state index in [9.17, 15) is 14.4 Å². The van der Waals surface area contributed by atoms with E-state index in [-0.39, 0.29) is 29.7 Å². The highest BCUT2D eigenvalue weighted by Gasteiger charge is 2.28. The molecule has 11 heteroatoms. The molecule has 3 heterocycles. The summed E-state index contributed by atoms with van der Waals surface area (Å²) in [6.07, 6.45) is 5.43. The number of carbonyl (C=O) groups excluding carboxylic acids is 2. The summed E-state index contributed by atoms with van der Waals surface area (Å²) in [4.78, 5) is 48.4. The molecule has 4 rings (SSSR count). The van der Waals surface area contributed by atoms with Crippen LogP contribution in [0.3, 0.4) is 0 Å². The zero-order valence-corrected chi connectivity index (χ0v) is 20.0. The van der Waals surface area contributed by atoms with E-state index >= 15 is 0 Å². The topological polar surface area (TPSA) is 116 Å². The van der Waals surface area contributed by atoms with Crippen LogP contribution in [0, 0.1) is 5.92 Å². The number of anilines is 1. The van der Waals surface area contributed by atoms with Crippen LogP contribution in [0.15, 0.2) is 34.8 Å². The molecule has 1 atom stereocenters. The van der Waals surface area contributed by atoms with Gasteiger partial charge in [-0.05, 0) is 25.3 Å². The van der Waals surface area contributed by atoms with E-state index in [1.807, 2.05) is 0 Å². The number of thiazole rings is 1. The summed E-state index contributed by atoms with van der Waals surface area (Å²) < 4.78 is 12.1. The number of hydrogen-bond acceptors (Lipinski definition) is 8. The van der Waals surface area contributed by atoms with Crippen LogP contribution in [0.25, 0.3) is 10.9 Å². The van der Waals surface area contributed by atoms with E-state index in [0.29, 0.717) is 53.6 Å². The average molecular weight is 486 g/mol. The molecule has 1 unspecified atom stereocenters. The van der Waals surface area contributed by atoms with Crippen molar-refractivity contribution in [1.82, 2.24) is 19.4 Å². The summed E-state index contributed by atoms with van der Waals surface area (Å²) in [7, 11) is 3.04. The van der Waals surface area contributed by atoms with Gasteiger partial charge in [0.25, 0.3) is 5.56 Å². The number of piperidine rings is 1. The molecule has 0 saturated carbocycles. The number of amides is 2. The molecule has 1 aliphatic rings. The maximum Gasteiger partial charge on any atom is 0.261 e. The van der Waals surface area contributed by atoms with Crippen LogP contribution >= 0.6 is 11.3 Å². The monoisotopic (exact) mass is 485 g/mol. The van der Waals surface area contributed by atoms with Crippen molar-refractivity contribution in [3.63, 3.8) is 0 Å². The Hall–Kier alpha value is -3.47. The number of fused-ring (bicyclic) bond motifs is 1. The Morgan fingerprint density at radius 3 is 2.74 bits per heavy atom. The first-order valence-electron chi connectivity index (χ1n) is 11.1. The van der Waals surface area contributed by atoms with Gasteiger partial charge in [0, 0.05) is 43.7 Å². The number of ether oxygens (including phenoxy) is 2. The first-order valence-corrected chi connectivity index (χ1v) is 12.0. The van der Waals surface area contributed by atoms with E-state index in [4.69, 9.17) is 9.47 Å². The van der Waals surface area contributed by atoms with E-state index < -0.39 is 0 Å². The minimum Gasteiger partial charge on any atom is -0.493 e. The zero-order chi connectivity index (χ0) is 24.1. The third-order valence-corrected chi connectivity index (χ3v) is 6.61. The lowest BCUT2D eigenvalue weighted by atomic mass is 9.97. The van der Waals surface area contributed by atoms with Gasteiger partial charge in [-0.15, -0.1) is 11.3 Å². The fraction of sp³-hybridized carbons (Fsp3) is 0.435. The van der Waals surface area contributed by atoms with Gasteiger partial charge in [0.15, 0.2) is 16.6 Å². The number of nitrogens with zero attached hydrogens (tertiary/aromatic N) is 4. The van der Waals surface area contributed by atoms with Gasteiger partial charge in [-0.1, -0.05) is 0 Å². The average Bonchev–Trinajstić information content (AvgIpc) is 3.37. The number of aryl methyl sites for hydroxylation is 1. The highest BCUT2D eigenvalue weighted by atomic mass is 32.1. The van der Waals surface area contributed by atoms with Crippen molar-refractivity contribution in [2.75, 3.05) is 32.6 Å². The van der Waals surface area contributed by atoms with Crippen molar-refractivity contribution in [2.45, 2.75) is 32.2 Å². The number of aromatic nitrogens is 3. The summed E-state index contributed by atoms with van der Waals surface area (Å²) in [5.74, 6) is 0.597. The van der Waals surface area contributed by atoms with Crippen molar-refractivity contribution in [3.05, 3.63) is 40.4 Å². The number of carbonyl (C=O) groups is 2. The molecule has 180 valence electrons. The second-order valence-electron chi connectivity index (χ2n) is 8.08. The maximum absolute atomic E-state index is 12.9. The van der Waals surface area contributed by atoms with Gasteiger partial charge in [0.2, 0.25) is 11.8 Å². The smallest absolute Gasteiger partial charge is 0.261 e. The molecule has 2 aromatic heterocycles. The number of benzene rings is 1. The van der Waals surface area contributed by atoms with Gasteiger partial charge in [0.1, 0.15) is 0 Å². The minimum absolute atomic E-state index is 0.0139. The molecule has 34 heavy (non-hydrogen) atoms. The molecule has 1 saturated heterocycles. The van der Waals surface area contributed by atoms with E-state index in [1.54, 1.807) is 28.6 Å². The molecule has 1 aromatic carbocycles. The largest absolute Gasteiger partial charge is 0.493 e. The summed E-state index contributed by atoms with van der Waals surface area (Å²) in [5.41, 5.74) is 0.320. The number of methoxy groups -OCH3 is 2. The predicted molar refractivity (Wildman–Crippen MR) is 128 cm³/mol. The Morgan fingerprint density at radius 1 is 1.21 bits per heavy atom. The Morgan fingerprint density at radius 2 is 2.00 bits per heavy atom. The normalized spacial score (nSPS) is 15.8. The lowest BCUT2D eigenvalue weighted by Crippen LogP contribution is -2.43. The van der Waals surface area contributed by atoms with E-state index in [0.717, 1.165) is 12.8 Å². The van der Waals surface area contributed by atoms with Crippen LogP contribution in [0.4, 0.5) is 5.13 Å². The second-order valence-corrected chi connectivity index (χ2v) is 8.97. The summed E-state index contributed by atoms with van der Waals surface area (Å²) >= 11 is 1.37. The number of likely N-dealkylation sites (tertiary alicyclic amines) is 1. The van der Waals surface area contributed by atoms with Gasteiger partial charge < -0.3 is 19.7 Å². The van der Waals surface area contributed by atoms with Gasteiger partial charge >= 0.3 is 0 Å². The van der Waals surface area contributed by atoms with Crippen LogP contribution in [0.2, 0.25) is 0 Å². The Bertz CT molecular complexity index is 1230. The summed E-state index contributed by atoms with van der Waals surface area (Å²) in [5, 5.41) is 5.62. The molecule has 0 bridgehead atoms. The minimum atomic E-state index is -0.249. The van der Waals surface area contributed by atoms with Crippen LogP contribution in [-0.4, -0.2) is 58.6 Å².